The van der Waals surface area contributed by atoms with E-state index in [0.29, 0.717) is 42.9 Å². The molecule has 9 heteroatoms. The van der Waals surface area contributed by atoms with Crippen LogP contribution in [0.25, 0.3) is 11.5 Å². The molecule has 1 atom stereocenters. The summed E-state index contributed by atoms with van der Waals surface area (Å²) in [5, 5.41) is 8.21. The highest BCUT2D eigenvalue weighted by Crippen LogP contribution is 2.47. The minimum Gasteiger partial charge on any atom is -0.380 e. The van der Waals surface area contributed by atoms with Crippen LogP contribution in [0.3, 0.4) is 0 Å². The molecule has 5 rings (SSSR count). The number of rotatable bonds is 5. The van der Waals surface area contributed by atoms with Crippen molar-refractivity contribution in [3.63, 3.8) is 0 Å². The van der Waals surface area contributed by atoms with E-state index in [2.05, 4.69) is 27.2 Å². The van der Waals surface area contributed by atoms with E-state index in [9.17, 15) is 4.79 Å². The van der Waals surface area contributed by atoms with Crippen LogP contribution in [-0.4, -0.2) is 64.8 Å². The summed E-state index contributed by atoms with van der Waals surface area (Å²) in [5.74, 6) is 1.74. The van der Waals surface area contributed by atoms with Gasteiger partial charge in [0.25, 0.3) is 11.8 Å². The summed E-state index contributed by atoms with van der Waals surface area (Å²) in [7, 11) is 3.66. The van der Waals surface area contributed by atoms with Gasteiger partial charge < -0.3 is 18.7 Å². The summed E-state index contributed by atoms with van der Waals surface area (Å²) < 4.78 is 15.9. The van der Waals surface area contributed by atoms with Gasteiger partial charge in [-0.1, -0.05) is 28.5 Å². The Morgan fingerprint density at radius 2 is 1.97 bits per heavy atom. The van der Waals surface area contributed by atoms with Crippen molar-refractivity contribution in [2.24, 2.45) is 5.41 Å². The largest absolute Gasteiger partial charge is 0.380 e. The second kappa shape index (κ2) is 7.58. The average molecular weight is 423 g/mol. The molecule has 2 aromatic heterocycles. The van der Waals surface area contributed by atoms with Crippen LogP contribution in [0.5, 0.6) is 0 Å². The van der Waals surface area contributed by atoms with Crippen molar-refractivity contribution < 1.29 is 18.6 Å². The molecule has 3 aromatic rings. The average Bonchev–Trinajstić information content (AvgIpc) is 3.45. The van der Waals surface area contributed by atoms with Gasteiger partial charge in [-0.3, -0.25) is 9.69 Å². The molecule has 1 aromatic carbocycles. The fraction of sp³-hybridized carbons (Fsp3) is 0.455. The number of amides is 1. The molecule has 31 heavy (non-hydrogen) atoms. The molecule has 9 nitrogen and oxygen atoms in total. The SMILES string of the molecule is COCc1c(C(=O)N2CC3(CC(c4noc(-c5ccccc5)n4)N(C)C3)C2)noc1C. The number of carbonyl (C=O) groups excluding carboxylic acids is 1. The minimum atomic E-state index is -0.105. The Morgan fingerprint density at radius 1 is 1.19 bits per heavy atom. The van der Waals surface area contributed by atoms with E-state index in [4.69, 9.17) is 13.8 Å². The monoisotopic (exact) mass is 423 g/mol. The topological polar surface area (TPSA) is 97.7 Å². The summed E-state index contributed by atoms with van der Waals surface area (Å²) in [5.41, 5.74) is 2.01. The summed E-state index contributed by atoms with van der Waals surface area (Å²) in [6.45, 7) is 4.32. The molecule has 0 N–H and O–H groups in total. The molecule has 0 aliphatic carbocycles. The molecule has 1 spiro atoms. The lowest BCUT2D eigenvalue weighted by Crippen LogP contribution is -2.59. The van der Waals surface area contributed by atoms with E-state index < -0.39 is 0 Å². The molecule has 0 bridgehead atoms. The standard InChI is InChI=1S/C22H25N5O4/c1-14-16(10-29-3)18(24-30-14)21(28)27-12-22(13-27)9-17(26(2)11-22)19-23-20(31-25-19)15-7-5-4-6-8-15/h4-8,17H,9-13H2,1-3H3. The number of nitrogens with zero attached hydrogens (tertiary/aromatic N) is 5. The minimum absolute atomic E-state index is 0.0306. The van der Waals surface area contributed by atoms with Crippen molar-refractivity contribution in [2.75, 3.05) is 33.8 Å². The van der Waals surface area contributed by atoms with Gasteiger partial charge in [-0.25, -0.2) is 0 Å². The predicted molar refractivity (Wildman–Crippen MR) is 110 cm³/mol. The third kappa shape index (κ3) is 3.43. The van der Waals surface area contributed by atoms with Gasteiger partial charge in [0.15, 0.2) is 11.5 Å². The maximum atomic E-state index is 13.0. The highest BCUT2D eigenvalue weighted by Gasteiger charge is 2.53. The number of hydrogen-bond donors (Lipinski definition) is 0. The zero-order valence-electron chi connectivity index (χ0n) is 17.9. The van der Waals surface area contributed by atoms with Crippen LogP contribution in [0, 0.1) is 12.3 Å². The molecule has 2 aliphatic rings. The van der Waals surface area contributed by atoms with Crippen molar-refractivity contribution in [3.8, 4) is 11.5 Å². The number of methoxy groups -OCH3 is 1. The van der Waals surface area contributed by atoms with Crippen molar-refractivity contribution in [2.45, 2.75) is 26.0 Å². The smallest absolute Gasteiger partial charge is 0.276 e. The second-order valence-corrected chi connectivity index (χ2v) is 8.62. The van der Waals surface area contributed by atoms with Crippen molar-refractivity contribution in [1.82, 2.24) is 25.1 Å². The van der Waals surface area contributed by atoms with Crippen LogP contribution in [0.2, 0.25) is 0 Å². The maximum absolute atomic E-state index is 13.0. The molecule has 1 unspecified atom stereocenters. The van der Waals surface area contributed by atoms with Gasteiger partial charge in [-0.2, -0.15) is 4.98 Å². The van der Waals surface area contributed by atoms with E-state index >= 15 is 0 Å². The lowest BCUT2D eigenvalue weighted by atomic mass is 9.77. The molecule has 0 saturated carbocycles. The van der Waals surface area contributed by atoms with E-state index in [1.807, 2.05) is 35.2 Å². The summed E-state index contributed by atoms with van der Waals surface area (Å²) >= 11 is 0. The normalized spacial score (nSPS) is 20.4. The Kier molecular flexibility index (Phi) is 4.86. The first-order valence-corrected chi connectivity index (χ1v) is 10.3. The van der Waals surface area contributed by atoms with Gasteiger partial charge in [0.2, 0.25) is 0 Å². The fourth-order valence-corrected chi connectivity index (χ4v) is 4.79. The van der Waals surface area contributed by atoms with E-state index in [0.717, 1.165) is 24.1 Å². The second-order valence-electron chi connectivity index (χ2n) is 8.62. The van der Waals surface area contributed by atoms with Crippen molar-refractivity contribution in [1.29, 1.82) is 0 Å². The Morgan fingerprint density at radius 3 is 2.71 bits per heavy atom. The number of carbonyl (C=O) groups is 1. The van der Waals surface area contributed by atoms with Crippen LogP contribution in [0.4, 0.5) is 0 Å². The van der Waals surface area contributed by atoms with Crippen LogP contribution in [0.1, 0.15) is 40.1 Å². The molecule has 2 fully saturated rings. The predicted octanol–water partition coefficient (Wildman–Crippen LogP) is 2.70. The number of aryl methyl sites for hydroxylation is 1. The Labute approximate surface area is 179 Å². The van der Waals surface area contributed by atoms with Crippen LogP contribution in [0.15, 0.2) is 39.4 Å². The summed E-state index contributed by atoms with van der Waals surface area (Å²) in [4.78, 5) is 21.7. The van der Waals surface area contributed by atoms with Gasteiger partial charge in [0.05, 0.1) is 18.2 Å². The zero-order valence-corrected chi connectivity index (χ0v) is 17.9. The zero-order chi connectivity index (χ0) is 21.6. The fourth-order valence-electron chi connectivity index (χ4n) is 4.79. The summed E-state index contributed by atoms with van der Waals surface area (Å²) in [6, 6.07) is 9.83. The Balaban J connectivity index is 1.27. The molecule has 2 aliphatic heterocycles. The highest BCUT2D eigenvalue weighted by atomic mass is 16.5. The third-order valence-electron chi connectivity index (χ3n) is 6.32. The highest BCUT2D eigenvalue weighted by molar-refractivity contribution is 5.94. The van der Waals surface area contributed by atoms with Gasteiger partial charge in [-0.05, 0) is 32.5 Å². The van der Waals surface area contributed by atoms with E-state index in [1.54, 1.807) is 14.0 Å². The molecule has 1 amide bonds. The number of hydrogen-bond acceptors (Lipinski definition) is 8. The number of aromatic nitrogens is 3. The van der Waals surface area contributed by atoms with Crippen LogP contribution >= 0.6 is 0 Å². The van der Waals surface area contributed by atoms with Gasteiger partial charge in [0.1, 0.15) is 5.76 Å². The molecule has 162 valence electrons. The number of ether oxygens (including phenoxy) is 1. The van der Waals surface area contributed by atoms with Gasteiger partial charge in [0, 0.05) is 37.7 Å². The van der Waals surface area contributed by atoms with Gasteiger partial charge in [-0.15, -0.1) is 0 Å². The van der Waals surface area contributed by atoms with Crippen LogP contribution < -0.4 is 0 Å². The first kappa shape index (κ1) is 19.9. The molecular weight excluding hydrogens is 398 g/mol. The third-order valence-corrected chi connectivity index (χ3v) is 6.32. The number of likely N-dealkylation sites (tertiary alicyclic amines) is 2. The first-order valence-electron chi connectivity index (χ1n) is 10.3. The first-order chi connectivity index (χ1) is 15.0. The summed E-state index contributed by atoms with van der Waals surface area (Å²) in [6.07, 6.45) is 0.879. The lowest BCUT2D eigenvalue weighted by Gasteiger charge is -2.47. The maximum Gasteiger partial charge on any atom is 0.276 e. The number of benzene rings is 1. The molecule has 2 saturated heterocycles. The molecule has 0 radical (unpaired) electrons. The van der Waals surface area contributed by atoms with Crippen molar-refractivity contribution >= 4 is 5.91 Å². The quantitative estimate of drug-likeness (QED) is 0.618. The Hall–Kier alpha value is -3.04. The lowest BCUT2D eigenvalue weighted by molar-refractivity contribution is 0.0105. The van der Waals surface area contributed by atoms with E-state index in [1.165, 1.54) is 0 Å². The van der Waals surface area contributed by atoms with Crippen LogP contribution in [-0.2, 0) is 11.3 Å². The van der Waals surface area contributed by atoms with E-state index in [-0.39, 0.29) is 17.4 Å². The molecule has 4 heterocycles. The van der Waals surface area contributed by atoms with Gasteiger partial charge >= 0.3 is 0 Å². The molecular formula is C22H25N5O4. The van der Waals surface area contributed by atoms with Crippen molar-refractivity contribution in [3.05, 3.63) is 53.2 Å². The Bertz CT molecular complexity index is 1090.